The number of amides is 1. The first-order chi connectivity index (χ1) is 11.8. The molecule has 7 heteroatoms. The number of hydrogen-bond donors (Lipinski definition) is 1. The summed E-state index contributed by atoms with van der Waals surface area (Å²) in [5.74, 6) is -1.32. The molecule has 25 heavy (non-hydrogen) atoms. The van der Waals surface area contributed by atoms with E-state index < -0.39 is 27.8 Å². The first-order valence-electron chi connectivity index (χ1n) is 7.60. The Balaban J connectivity index is 2.02. The molecule has 2 aromatic carbocycles. The number of carbonyl (C=O) groups is 2. The quantitative estimate of drug-likeness (QED) is 0.795. The standard InChI is InChI=1S/C18H19NO5S/c1-13(17(20)19-12-14-8-4-3-5-9-14)24-18(21)15-10-6-7-11-16(15)25(2,22)23/h3-11,13H,12H2,1-2H3,(H,19,20)/t13-/m1/s1. The molecular weight excluding hydrogens is 342 g/mol. The molecule has 0 spiro atoms. The second kappa shape index (κ2) is 7.94. The van der Waals surface area contributed by atoms with E-state index in [4.69, 9.17) is 4.74 Å². The van der Waals surface area contributed by atoms with E-state index in [0.717, 1.165) is 11.8 Å². The van der Waals surface area contributed by atoms with Crippen LogP contribution in [0.2, 0.25) is 0 Å². The molecule has 2 rings (SSSR count). The number of carbonyl (C=O) groups excluding carboxylic acids is 2. The van der Waals surface area contributed by atoms with Crippen molar-refractivity contribution >= 4 is 21.7 Å². The van der Waals surface area contributed by atoms with Crippen LogP contribution in [0.4, 0.5) is 0 Å². The summed E-state index contributed by atoms with van der Waals surface area (Å²) in [5, 5.41) is 2.67. The van der Waals surface area contributed by atoms with Crippen molar-refractivity contribution in [3.63, 3.8) is 0 Å². The third-order valence-electron chi connectivity index (χ3n) is 3.47. The van der Waals surface area contributed by atoms with E-state index >= 15 is 0 Å². The fourth-order valence-corrected chi connectivity index (χ4v) is 3.04. The highest BCUT2D eigenvalue weighted by molar-refractivity contribution is 7.90. The average molecular weight is 361 g/mol. The fourth-order valence-electron chi connectivity index (χ4n) is 2.16. The summed E-state index contributed by atoms with van der Waals surface area (Å²) in [6.07, 6.45) is -0.0430. The molecule has 0 saturated heterocycles. The lowest BCUT2D eigenvalue weighted by Gasteiger charge is -2.14. The molecular formula is C18H19NO5S. The fraction of sp³-hybridized carbons (Fsp3) is 0.222. The van der Waals surface area contributed by atoms with Crippen LogP contribution in [0.1, 0.15) is 22.8 Å². The van der Waals surface area contributed by atoms with Gasteiger partial charge in [-0.1, -0.05) is 42.5 Å². The van der Waals surface area contributed by atoms with Crippen LogP contribution < -0.4 is 5.32 Å². The number of sulfone groups is 1. The van der Waals surface area contributed by atoms with Crippen LogP contribution in [0, 0.1) is 0 Å². The Morgan fingerprint density at radius 3 is 2.28 bits per heavy atom. The predicted octanol–water partition coefficient (Wildman–Crippen LogP) is 1.95. The molecule has 6 nitrogen and oxygen atoms in total. The van der Waals surface area contributed by atoms with Gasteiger partial charge in [-0.3, -0.25) is 4.79 Å². The van der Waals surface area contributed by atoms with Gasteiger partial charge in [-0.15, -0.1) is 0 Å². The molecule has 2 aromatic rings. The van der Waals surface area contributed by atoms with Gasteiger partial charge in [-0.2, -0.15) is 0 Å². The first kappa shape index (κ1) is 18.7. The predicted molar refractivity (Wildman–Crippen MR) is 92.7 cm³/mol. The zero-order chi connectivity index (χ0) is 18.4. The molecule has 0 heterocycles. The summed E-state index contributed by atoms with van der Waals surface area (Å²) < 4.78 is 28.6. The maximum absolute atomic E-state index is 12.2. The summed E-state index contributed by atoms with van der Waals surface area (Å²) in [5.41, 5.74) is 0.824. The molecule has 0 saturated carbocycles. The van der Waals surface area contributed by atoms with Crippen LogP contribution in [0.5, 0.6) is 0 Å². The van der Waals surface area contributed by atoms with Gasteiger partial charge in [0, 0.05) is 12.8 Å². The minimum Gasteiger partial charge on any atom is -0.449 e. The molecule has 1 amide bonds. The van der Waals surface area contributed by atoms with Crippen LogP contribution in [0.25, 0.3) is 0 Å². The summed E-state index contributed by atoms with van der Waals surface area (Å²) in [7, 11) is -3.58. The smallest absolute Gasteiger partial charge is 0.340 e. The summed E-state index contributed by atoms with van der Waals surface area (Å²) in [6.45, 7) is 1.74. The molecule has 0 aliphatic rings. The van der Waals surface area contributed by atoms with Crippen molar-refractivity contribution in [2.45, 2.75) is 24.5 Å². The topological polar surface area (TPSA) is 89.5 Å². The number of nitrogens with one attached hydrogen (secondary N) is 1. The van der Waals surface area contributed by atoms with Crippen molar-refractivity contribution in [1.29, 1.82) is 0 Å². The van der Waals surface area contributed by atoms with Crippen LogP contribution in [0.15, 0.2) is 59.5 Å². The van der Waals surface area contributed by atoms with Crippen molar-refractivity contribution in [2.75, 3.05) is 6.26 Å². The van der Waals surface area contributed by atoms with Crippen LogP contribution in [0.3, 0.4) is 0 Å². The Morgan fingerprint density at radius 1 is 1.04 bits per heavy atom. The summed E-state index contributed by atoms with van der Waals surface area (Å²) in [4.78, 5) is 24.2. The van der Waals surface area contributed by atoms with Crippen molar-refractivity contribution < 1.29 is 22.7 Å². The zero-order valence-corrected chi connectivity index (χ0v) is 14.7. The maximum atomic E-state index is 12.2. The van der Waals surface area contributed by atoms with Gasteiger partial charge < -0.3 is 10.1 Å². The number of ether oxygens (including phenoxy) is 1. The van der Waals surface area contributed by atoms with Gasteiger partial charge in [0.15, 0.2) is 15.9 Å². The van der Waals surface area contributed by atoms with E-state index in [0.29, 0.717) is 6.54 Å². The Labute approximate surface area is 146 Å². The normalized spacial score (nSPS) is 12.2. The minimum absolute atomic E-state index is 0.0901. The third-order valence-corrected chi connectivity index (χ3v) is 4.62. The highest BCUT2D eigenvalue weighted by Crippen LogP contribution is 2.17. The molecule has 0 aliphatic heterocycles. The molecule has 1 atom stereocenters. The monoisotopic (exact) mass is 361 g/mol. The van der Waals surface area contributed by atoms with Crippen LogP contribution in [-0.4, -0.2) is 32.7 Å². The van der Waals surface area contributed by atoms with Gasteiger partial charge in [0.1, 0.15) is 0 Å². The molecule has 1 N–H and O–H groups in total. The third kappa shape index (κ3) is 5.15. The lowest BCUT2D eigenvalue weighted by atomic mass is 10.2. The van der Waals surface area contributed by atoms with E-state index in [-0.39, 0.29) is 10.5 Å². The van der Waals surface area contributed by atoms with Crippen LogP contribution >= 0.6 is 0 Å². The van der Waals surface area contributed by atoms with Crippen molar-refractivity contribution in [3.8, 4) is 0 Å². The molecule has 0 radical (unpaired) electrons. The highest BCUT2D eigenvalue weighted by atomic mass is 32.2. The second-order valence-electron chi connectivity index (χ2n) is 5.52. The Hall–Kier alpha value is -2.67. The lowest BCUT2D eigenvalue weighted by molar-refractivity contribution is -0.129. The number of hydrogen-bond acceptors (Lipinski definition) is 5. The van der Waals surface area contributed by atoms with Crippen molar-refractivity contribution in [1.82, 2.24) is 5.32 Å². The maximum Gasteiger partial charge on any atom is 0.340 e. The molecule has 0 aliphatic carbocycles. The Morgan fingerprint density at radius 2 is 1.64 bits per heavy atom. The molecule has 0 fully saturated rings. The number of rotatable bonds is 6. The summed E-state index contributed by atoms with van der Waals surface area (Å²) in [6, 6.07) is 15.0. The van der Waals surface area contributed by atoms with Gasteiger partial charge in [0.05, 0.1) is 10.5 Å². The lowest BCUT2D eigenvalue weighted by Crippen LogP contribution is -2.35. The van der Waals surface area contributed by atoms with Crippen LogP contribution in [-0.2, 0) is 25.9 Å². The number of esters is 1. The largest absolute Gasteiger partial charge is 0.449 e. The van der Waals surface area contributed by atoms with E-state index in [1.54, 1.807) is 0 Å². The number of benzene rings is 2. The molecule has 0 aromatic heterocycles. The highest BCUT2D eigenvalue weighted by Gasteiger charge is 2.23. The van der Waals surface area contributed by atoms with E-state index in [9.17, 15) is 18.0 Å². The van der Waals surface area contributed by atoms with Gasteiger partial charge >= 0.3 is 5.97 Å². The van der Waals surface area contributed by atoms with Gasteiger partial charge in [0.2, 0.25) is 0 Å². The van der Waals surface area contributed by atoms with Crippen molar-refractivity contribution in [3.05, 3.63) is 65.7 Å². The minimum atomic E-state index is -3.58. The summed E-state index contributed by atoms with van der Waals surface area (Å²) >= 11 is 0. The second-order valence-corrected chi connectivity index (χ2v) is 7.50. The van der Waals surface area contributed by atoms with E-state index in [1.807, 2.05) is 30.3 Å². The zero-order valence-electron chi connectivity index (χ0n) is 13.9. The first-order valence-corrected chi connectivity index (χ1v) is 9.50. The van der Waals surface area contributed by atoms with Gasteiger partial charge in [-0.25, -0.2) is 13.2 Å². The van der Waals surface area contributed by atoms with E-state index in [2.05, 4.69) is 5.32 Å². The molecule has 0 bridgehead atoms. The van der Waals surface area contributed by atoms with E-state index in [1.165, 1.54) is 31.2 Å². The Kier molecular flexibility index (Phi) is 5.93. The van der Waals surface area contributed by atoms with Crippen molar-refractivity contribution in [2.24, 2.45) is 0 Å². The molecule has 0 unspecified atom stereocenters. The average Bonchev–Trinajstić information content (AvgIpc) is 2.59. The SMILES string of the molecule is C[C@@H](OC(=O)c1ccccc1S(C)(=O)=O)C(=O)NCc1ccccc1. The molecule has 132 valence electrons. The van der Waals surface area contributed by atoms with Gasteiger partial charge in [0.25, 0.3) is 5.91 Å². The Bertz CT molecular complexity index is 862. The van der Waals surface area contributed by atoms with Gasteiger partial charge in [-0.05, 0) is 24.6 Å².